The maximum absolute atomic E-state index is 13.8. The monoisotopic (exact) mass is 280 g/mol. The van der Waals surface area contributed by atoms with Crippen LogP contribution in [0.2, 0.25) is 5.02 Å². The zero-order chi connectivity index (χ0) is 14.0. The highest BCUT2D eigenvalue weighted by atomic mass is 35.5. The Hall–Kier alpha value is -1.74. The molecule has 0 aromatic heterocycles. The number of rotatable bonds is 3. The predicted molar refractivity (Wildman–Crippen MR) is 70.6 cm³/mol. The molecule has 98 valence electrons. The summed E-state index contributed by atoms with van der Waals surface area (Å²) in [5, 5.41) is 0.168. The average molecular weight is 281 g/mol. The fourth-order valence-corrected chi connectivity index (χ4v) is 2.03. The van der Waals surface area contributed by atoms with Crippen LogP contribution in [0, 0.1) is 18.6 Å². The Kier molecular flexibility index (Phi) is 3.96. The molecule has 2 aromatic rings. The molecule has 0 spiro atoms. The first kappa shape index (κ1) is 13.7. The van der Waals surface area contributed by atoms with Gasteiger partial charge < -0.3 is 0 Å². The van der Waals surface area contributed by atoms with Crippen molar-refractivity contribution >= 4 is 17.4 Å². The van der Waals surface area contributed by atoms with Gasteiger partial charge in [0.25, 0.3) is 0 Å². The van der Waals surface area contributed by atoms with Crippen LogP contribution in [-0.4, -0.2) is 5.78 Å². The second-order valence-corrected chi connectivity index (χ2v) is 4.68. The van der Waals surface area contributed by atoms with Crippen molar-refractivity contribution in [3.8, 4) is 0 Å². The SMILES string of the molecule is Cc1cccc(C(=O)Cc2ccc(F)cc2Cl)c1F. The molecule has 4 heteroatoms. The Labute approximate surface area is 114 Å². The molecule has 0 N–H and O–H groups in total. The number of Topliss-reactive ketones (excluding diaryl/α,β-unsaturated/α-hetero) is 1. The first-order valence-corrected chi connectivity index (χ1v) is 6.09. The van der Waals surface area contributed by atoms with Gasteiger partial charge in [0.05, 0.1) is 5.56 Å². The number of ketones is 1. The van der Waals surface area contributed by atoms with Crippen molar-refractivity contribution in [2.45, 2.75) is 13.3 Å². The Bertz CT molecular complexity index is 638. The van der Waals surface area contributed by atoms with Crippen LogP contribution < -0.4 is 0 Å². The topological polar surface area (TPSA) is 17.1 Å². The molecule has 0 atom stereocenters. The van der Waals surface area contributed by atoms with Crippen molar-refractivity contribution in [1.82, 2.24) is 0 Å². The van der Waals surface area contributed by atoms with E-state index in [1.165, 1.54) is 18.2 Å². The number of carbonyl (C=O) groups excluding carboxylic acids is 1. The van der Waals surface area contributed by atoms with Gasteiger partial charge in [-0.15, -0.1) is 0 Å². The molecular formula is C15H11ClF2O. The summed E-state index contributed by atoms with van der Waals surface area (Å²) in [5.74, 6) is -1.37. The van der Waals surface area contributed by atoms with Crippen LogP contribution in [0.3, 0.4) is 0 Å². The molecule has 0 aliphatic carbocycles. The lowest BCUT2D eigenvalue weighted by Crippen LogP contribution is -2.07. The zero-order valence-corrected chi connectivity index (χ0v) is 11.0. The minimum atomic E-state index is -0.522. The molecule has 0 aliphatic rings. The van der Waals surface area contributed by atoms with Gasteiger partial charge in [-0.3, -0.25) is 4.79 Å². The van der Waals surface area contributed by atoms with E-state index in [1.54, 1.807) is 19.1 Å². The molecule has 19 heavy (non-hydrogen) atoms. The Morgan fingerprint density at radius 1 is 1.21 bits per heavy atom. The second kappa shape index (κ2) is 5.49. The number of benzene rings is 2. The highest BCUT2D eigenvalue weighted by molar-refractivity contribution is 6.31. The summed E-state index contributed by atoms with van der Waals surface area (Å²) in [6.45, 7) is 1.59. The molecule has 0 saturated carbocycles. The minimum Gasteiger partial charge on any atom is -0.294 e. The summed E-state index contributed by atoms with van der Waals surface area (Å²) in [6.07, 6.45) is -0.0561. The highest BCUT2D eigenvalue weighted by Crippen LogP contribution is 2.20. The molecule has 0 saturated heterocycles. The van der Waals surface area contributed by atoms with E-state index < -0.39 is 11.6 Å². The Morgan fingerprint density at radius 3 is 2.63 bits per heavy atom. The lowest BCUT2D eigenvalue weighted by Gasteiger charge is -2.06. The molecule has 0 radical (unpaired) electrons. The molecule has 0 heterocycles. The van der Waals surface area contributed by atoms with Gasteiger partial charge in [-0.2, -0.15) is 0 Å². The van der Waals surface area contributed by atoms with Crippen LogP contribution in [0.25, 0.3) is 0 Å². The van der Waals surface area contributed by atoms with Crippen molar-refractivity contribution in [2.75, 3.05) is 0 Å². The standard InChI is InChI=1S/C15H11ClF2O/c1-9-3-2-4-12(15(9)18)14(19)7-10-5-6-11(17)8-13(10)16/h2-6,8H,7H2,1H3. The highest BCUT2D eigenvalue weighted by Gasteiger charge is 2.15. The fourth-order valence-electron chi connectivity index (χ4n) is 1.80. The van der Waals surface area contributed by atoms with E-state index in [9.17, 15) is 13.6 Å². The third kappa shape index (κ3) is 2.99. The number of aryl methyl sites for hydroxylation is 1. The lowest BCUT2D eigenvalue weighted by molar-refractivity contribution is 0.0989. The molecule has 0 unspecified atom stereocenters. The maximum atomic E-state index is 13.8. The minimum absolute atomic E-state index is 0.0281. The molecule has 2 rings (SSSR count). The zero-order valence-electron chi connectivity index (χ0n) is 10.2. The number of carbonyl (C=O) groups is 1. The number of halogens is 3. The largest absolute Gasteiger partial charge is 0.294 e. The Balaban J connectivity index is 2.28. The van der Waals surface area contributed by atoms with Crippen LogP contribution in [0.5, 0.6) is 0 Å². The van der Waals surface area contributed by atoms with Gasteiger partial charge in [0.15, 0.2) is 5.78 Å². The third-order valence-electron chi connectivity index (χ3n) is 2.86. The van der Waals surface area contributed by atoms with E-state index in [1.807, 2.05) is 0 Å². The van der Waals surface area contributed by atoms with Crippen molar-refractivity contribution < 1.29 is 13.6 Å². The maximum Gasteiger partial charge on any atom is 0.170 e. The number of hydrogen-bond donors (Lipinski definition) is 0. The quantitative estimate of drug-likeness (QED) is 0.764. The van der Waals surface area contributed by atoms with E-state index in [0.717, 1.165) is 6.07 Å². The summed E-state index contributed by atoms with van der Waals surface area (Å²) in [7, 11) is 0. The van der Waals surface area contributed by atoms with Gasteiger partial charge >= 0.3 is 0 Å². The van der Waals surface area contributed by atoms with Crippen LogP contribution in [0.4, 0.5) is 8.78 Å². The number of hydrogen-bond acceptors (Lipinski definition) is 1. The molecule has 1 nitrogen and oxygen atoms in total. The van der Waals surface area contributed by atoms with E-state index in [-0.39, 0.29) is 22.8 Å². The second-order valence-electron chi connectivity index (χ2n) is 4.27. The van der Waals surface area contributed by atoms with Crippen molar-refractivity contribution in [3.05, 3.63) is 69.7 Å². The summed E-state index contributed by atoms with van der Waals surface area (Å²) >= 11 is 5.85. The first-order chi connectivity index (χ1) is 8.99. The van der Waals surface area contributed by atoms with Gasteiger partial charge in [0.1, 0.15) is 11.6 Å². The molecule has 0 aliphatic heterocycles. The van der Waals surface area contributed by atoms with Gasteiger partial charge in [0.2, 0.25) is 0 Å². The molecule has 0 bridgehead atoms. The van der Waals surface area contributed by atoms with Gasteiger partial charge in [-0.05, 0) is 36.2 Å². The molecule has 0 amide bonds. The van der Waals surface area contributed by atoms with Gasteiger partial charge in [-0.1, -0.05) is 29.8 Å². The van der Waals surface area contributed by atoms with Crippen LogP contribution in [-0.2, 0) is 6.42 Å². The van der Waals surface area contributed by atoms with Crippen molar-refractivity contribution in [2.24, 2.45) is 0 Å². The van der Waals surface area contributed by atoms with Crippen LogP contribution in [0.15, 0.2) is 36.4 Å². The third-order valence-corrected chi connectivity index (χ3v) is 3.21. The summed E-state index contributed by atoms with van der Waals surface area (Å²) in [6, 6.07) is 8.44. The normalized spacial score (nSPS) is 10.5. The predicted octanol–water partition coefficient (Wildman–Crippen LogP) is 4.35. The van der Waals surface area contributed by atoms with Gasteiger partial charge in [-0.25, -0.2) is 8.78 Å². The van der Waals surface area contributed by atoms with Crippen molar-refractivity contribution in [1.29, 1.82) is 0 Å². The smallest absolute Gasteiger partial charge is 0.170 e. The summed E-state index contributed by atoms with van der Waals surface area (Å²) in [5.41, 5.74) is 0.922. The molecular weight excluding hydrogens is 270 g/mol. The van der Waals surface area contributed by atoms with Gasteiger partial charge in [0, 0.05) is 11.4 Å². The lowest BCUT2D eigenvalue weighted by atomic mass is 10.0. The van der Waals surface area contributed by atoms with Crippen molar-refractivity contribution in [3.63, 3.8) is 0 Å². The molecule has 0 fully saturated rings. The average Bonchev–Trinajstić information content (AvgIpc) is 2.36. The first-order valence-electron chi connectivity index (χ1n) is 5.71. The fraction of sp³-hybridized carbons (Fsp3) is 0.133. The summed E-state index contributed by atoms with van der Waals surface area (Å²) in [4.78, 5) is 12.0. The van der Waals surface area contributed by atoms with E-state index in [0.29, 0.717) is 11.1 Å². The Morgan fingerprint density at radius 2 is 1.95 bits per heavy atom. The van der Waals surface area contributed by atoms with E-state index in [2.05, 4.69) is 0 Å². The molecule has 2 aromatic carbocycles. The summed E-state index contributed by atoms with van der Waals surface area (Å²) < 4.78 is 26.7. The van der Waals surface area contributed by atoms with E-state index >= 15 is 0 Å². The van der Waals surface area contributed by atoms with E-state index in [4.69, 9.17) is 11.6 Å². The van der Waals surface area contributed by atoms with Crippen LogP contribution >= 0.6 is 11.6 Å². The van der Waals surface area contributed by atoms with Crippen LogP contribution in [0.1, 0.15) is 21.5 Å².